The Morgan fingerprint density at radius 3 is 3.00 bits per heavy atom. The molecule has 1 aromatic carbocycles. The first-order valence-corrected chi connectivity index (χ1v) is 5.37. The van der Waals surface area contributed by atoms with Crippen molar-refractivity contribution in [1.29, 1.82) is 0 Å². The van der Waals surface area contributed by atoms with Crippen molar-refractivity contribution in [1.82, 2.24) is 5.32 Å². The number of nitrogens with one attached hydrogen (secondary N) is 1. The molecule has 1 aromatic rings. The van der Waals surface area contributed by atoms with Crippen molar-refractivity contribution in [3.05, 3.63) is 46.8 Å². The monoisotopic (exact) mass is 227 g/mol. The van der Waals surface area contributed by atoms with Crippen molar-refractivity contribution in [2.45, 2.75) is 13.3 Å². The molecule has 0 atom stereocenters. The van der Waals surface area contributed by atoms with Gasteiger partial charge in [0.15, 0.2) is 0 Å². The highest BCUT2D eigenvalue weighted by atomic mass is 35.5. The lowest BCUT2D eigenvalue weighted by Crippen LogP contribution is -2.19. The quantitative estimate of drug-likeness (QED) is 0.763. The molecule has 0 aromatic heterocycles. The van der Waals surface area contributed by atoms with Crippen LogP contribution in [0.4, 0.5) is 4.39 Å². The van der Waals surface area contributed by atoms with Crippen LogP contribution < -0.4 is 5.32 Å². The van der Waals surface area contributed by atoms with E-state index in [0.29, 0.717) is 0 Å². The molecule has 0 unspecified atom stereocenters. The molecule has 0 heterocycles. The minimum atomic E-state index is -0.177. The Balaban J connectivity index is 2.26. The lowest BCUT2D eigenvalue weighted by molar-refractivity contribution is 0.624. The minimum absolute atomic E-state index is 0.177. The molecule has 0 amide bonds. The van der Waals surface area contributed by atoms with Crippen LogP contribution in [-0.4, -0.2) is 13.1 Å². The molecule has 0 aliphatic carbocycles. The van der Waals surface area contributed by atoms with Gasteiger partial charge in [0.05, 0.1) is 0 Å². The average Bonchev–Trinajstić information content (AvgIpc) is 2.24. The summed E-state index contributed by atoms with van der Waals surface area (Å²) in [5, 5.41) is 3.23. The zero-order chi connectivity index (χ0) is 11.1. The zero-order valence-corrected chi connectivity index (χ0v) is 9.52. The van der Waals surface area contributed by atoms with Gasteiger partial charge in [0.1, 0.15) is 5.82 Å². The van der Waals surface area contributed by atoms with E-state index in [1.165, 1.54) is 6.07 Å². The van der Waals surface area contributed by atoms with Gasteiger partial charge in [-0.15, -0.1) is 0 Å². The smallest absolute Gasteiger partial charge is 0.123 e. The van der Waals surface area contributed by atoms with Gasteiger partial charge in [0.2, 0.25) is 0 Å². The van der Waals surface area contributed by atoms with Gasteiger partial charge in [-0.25, -0.2) is 4.39 Å². The molecule has 1 N–H and O–H groups in total. The molecule has 0 spiro atoms. The molecule has 0 saturated carbocycles. The van der Waals surface area contributed by atoms with Crippen LogP contribution >= 0.6 is 11.6 Å². The summed E-state index contributed by atoms with van der Waals surface area (Å²) in [5.74, 6) is -0.177. The van der Waals surface area contributed by atoms with E-state index >= 15 is 0 Å². The van der Waals surface area contributed by atoms with Gasteiger partial charge in [-0.2, -0.15) is 0 Å². The van der Waals surface area contributed by atoms with Crippen LogP contribution in [0.25, 0.3) is 0 Å². The van der Waals surface area contributed by atoms with Crippen LogP contribution in [-0.2, 0) is 6.42 Å². The van der Waals surface area contributed by atoms with Gasteiger partial charge in [-0.1, -0.05) is 23.7 Å². The van der Waals surface area contributed by atoms with Crippen LogP contribution in [0.15, 0.2) is 35.4 Å². The fraction of sp³-hybridized carbons (Fsp3) is 0.333. The van der Waals surface area contributed by atoms with Crippen molar-refractivity contribution < 1.29 is 4.39 Å². The van der Waals surface area contributed by atoms with Gasteiger partial charge >= 0.3 is 0 Å². The topological polar surface area (TPSA) is 12.0 Å². The fourth-order valence-corrected chi connectivity index (χ4v) is 1.33. The molecule has 1 nitrogen and oxygen atoms in total. The summed E-state index contributed by atoms with van der Waals surface area (Å²) in [4.78, 5) is 0. The second kappa shape index (κ2) is 6.59. The minimum Gasteiger partial charge on any atom is -0.313 e. The molecule has 0 bridgehead atoms. The van der Waals surface area contributed by atoms with E-state index in [1.807, 2.05) is 13.0 Å². The highest BCUT2D eigenvalue weighted by molar-refractivity contribution is 6.25. The number of hydrogen-bond acceptors (Lipinski definition) is 1. The first-order valence-electron chi connectivity index (χ1n) is 4.93. The Bertz CT molecular complexity index is 336. The van der Waals surface area contributed by atoms with E-state index in [9.17, 15) is 4.39 Å². The molecule has 0 saturated heterocycles. The largest absolute Gasteiger partial charge is 0.313 e. The van der Waals surface area contributed by atoms with Gasteiger partial charge in [-0.05, 0) is 43.2 Å². The van der Waals surface area contributed by atoms with E-state index in [0.717, 1.165) is 30.6 Å². The molecule has 0 fully saturated rings. The predicted octanol–water partition coefficient (Wildman–Crippen LogP) is 3.10. The average molecular weight is 228 g/mol. The molecule has 15 heavy (non-hydrogen) atoms. The summed E-state index contributed by atoms with van der Waals surface area (Å²) < 4.78 is 12.8. The summed E-state index contributed by atoms with van der Waals surface area (Å²) in [5.41, 5.74) is 3.67. The number of rotatable bonds is 5. The first kappa shape index (κ1) is 12.2. The maximum atomic E-state index is 12.8. The third kappa shape index (κ3) is 4.96. The Hall–Kier alpha value is -0.860. The van der Waals surface area contributed by atoms with E-state index < -0.39 is 0 Å². The lowest BCUT2D eigenvalue weighted by Gasteiger charge is -2.04. The highest BCUT2D eigenvalue weighted by Gasteiger charge is 1.95. The summed E-state index contributed by atoms with van der Waals surface area (Å²) in [6, 6.07) is 6.67. The van der Waals surface area contributed by atoms with Crippen LogP contribution in [0, 0.1) is 5.82 Å². The molecule has 0 aliphatic rings. The van der Waals surface area contributed by atoms with Crippen molar-refractivity contribution in [3.63, 3.8) is 0 Å². The van der Waals surface area contributed by atoms with Gasteiger partial charge in [-0.3, -0.25) is 0 Å². The van der Waals surface area contributed by atoms with Crippen molar-refractivity contribution >= 4 is 11.6 Å². The summed E-state index contributed by atoms with van der Waals surface area (Å²) in [6.45, 7) is 3.56. The third-order valence-corrected chi connectivity index (χ3v) is 2.44. The van der Waals surface area contributed by atoms with Crippen LogP contribution in [0.1, 0.15) is 12.5 Å². The number of benzene rings is 1. The maximum absolute atomic E-state index is 12.8. The zero-order valence-electron chi connectivity index (χ0n) is 8.76. The Morgan fingerprint density at radius 1 is 1.53 bits per heavy atom. The molecule has 0 radical (unpaired) electrons. The standard InChI is InChI=1S/C12H15ClFN/c1-10(8-13)9-15-6-5-11-3-2-4-12(14)7-11/h2-4,7-8,15H,5-6,9H2,1H3/b10-8-. The molecule has 1 rings (SSSR count). The van der Waals surface area contributed by atoms with Crippen LogP contribution in [0.3, 0.4) is 0 Å². The Labute approximate surface area is 95.0 Å². The van der Waals surface area contributed by atoms with Gasteiger partial charge < -0.3 is 5.32 Å². The highest BCUT2D eigenvalue weighted by Crippen LogP contribution is 2.03. The third-order valence-electron chi connectivity index (χ3n) is 2.07. The maximum Gasteiger partial charge on any atom is 0.123 e. The summed E-state index contributed by atoms with van der Waals surface area (Å²) in [7, 11) is 0. The second-order valence-corrected chi connectivity index (χ2v) is 3.73. The lowest BCUT2D eigenvalue weighted by atomic mass is 10.1. The van der Waals surface area contributed by atoms with E-state index in [4.69, 9.17) is 11.6 Å². The van der Waals surface area contributed by atoms with Gasteiger partial charge in [0.25, 0.3) is 0 Å². The Kier molecular flexibility index (Phi) is 5.37. The van der Waals surface area contributed by atoms with Crippen molar-refractivity contribution in [2.24, 2.45) is 0 Å². The SMILES string of the molecule is C/C(=C/Cl)CNCCc1cccc(F)c1. The van der Waals surface area contributed by atoms with Gasteiger partial charge in [0, 0.05) is 12.1 Å². The predicted molar refractivity (Wildman–Crippen MR) is 62.6 cm³/mol. The number of halogens is 2. The van der Waals surface area contributed by atoms with E-state index in [2.05, 4.69) is 5.32 Å². The molecular weight excluding hydrogens is 213 g/mol. The number of hydrogen-bond donors (Lipinski definition) is 1. The van der Waals surface area contributed by atoms with Crippen LogP contribution in [0.2, 0.25) is 0 Å². The normalized spacial score (nSPS) is 11.8. The second-order valence-electron chi connectivity index (χ2n) is 3.51. The molecular formula is C12H15ClFN. The fourth-order valence-electron chi connectivity index (χ4n) is 1.25. The van der Waals surface area contributed by atoms with Crippen LogP contribution in [0.5, 0.6) is 0 Å². The Morgan fingerprint density at radius 2 is 2.33 bits per heavy atom. The van der Waals surface area contributed by atoms with Crippen molar-refractivity contribution in [2.75, 3.05) is 13.1 Å². The summed E-state index contributed by atoms with van der Waals surface area (Å²) >= 11 is 5.52. The van der Waals surface area contributed by atoms with Crippen molar-refractivity contribution in [3.8, 4) is 0 Å². The molecule has 82 valence electrons. The van der Waals surface area contributed by atoms with E-state index in [-0.39, 0.29) is 5.82 Å². The molecule has 3 heteroatoms. The first-order chi connectivity index (χ1) is 7.22. The van der Waals surface area contributed by atoms with E-state index in [1.54, 1.807) is 17.7 Å². The molecule has 0 aliphatic heterocycles. The summed E-state index contributed by atoms with van der Waals surface area (Å²) in [6.07, 6.45) is 0.827.